The van der Waals surface area contributed by atoms with E-state index < -0.39 is 0 Å². The summed E-state index contributed by atoms with van der Waals surface area (Å²) in [5.74, 6) is 1.57. The van der Waals surface area contributed by atoms with E-state index in [0.717, 1.165) is 37.1 Å². The molecule has 33 heavy (non-hydrogen) atoms. The van der Waals surface area contributed by atoms with Crippen molar-refractivity contribution in [2.45, 2.75) is 58.0 Å². The van der Waals surface area contributed by atoms with Crippen LogP contribution < -0.4 is 0 Å². The van der Waals surface area contributed by atoms with Gasteiger partial charge in [0.2, 0.25) is 5.91 Å². The summed E-state index contributed by atoms with van der Waals surface area (Å²) >= 11 is 0. The van der Waals surface area contributed by atoms with Crippen LogP contribution in [-0.4, -0.2) is 83.8 Å². The average Bonchev–Trinajstić information content (AvgIpc) is 3.17. The Kier molecular flexibility index (Phi) is 7.25. The fourth-order valence-corrected chi connectivity index (χ4v) is 5.73. The van der Waals surface area contributed by atoms with Gasteiger partial charge in [-0.1, -0.05) is 12.1 Å². The van der Waals surface area contributed by atoms with E-state index in [2.05, 4.69) is 4.90 Å². The van der Waals surface area contributed by atoms with Gasteiger partial charge in [0, 0.05) is 65.3 Å². The standard InChI is InChI=1S/C26H38N4O3/c1-19(31)29-14-12-24(13-15-29)28(3)26(33)27(2)16-20-8-10-23(11-9-20)25(32)30-17-21-4-5-22(18-30)7-6-21/h8-11,21-22,24H,4-7,12-18H2,1-3H3. The lowest BCUT2D eigenvalue weighted by molar-refractivity contribution is -0.130. The molecule has 0 N–H and O–H groups in total. The first-order valence-corrected chi connectivity index (χ1v) is 12.4. The summed E-state index contributed by atoms with van der Waals surface area (Å²) in [6.45, 7) is 5.29. The van der Waals surface area contributed by atoms with Gasteiger partial charge in [0.15, 0.2) is 0 Å². The van der Waals surface area contributed by atoms with Gasteiger partial charge in [-0.2, -0.15) is 0 Å². The molecular formula is C26H38N4O3. The zero-order chi connectivity index (χ0) is 23.5. The summed E-state index contributed by atoms with van der Waals surface area (Å²) in [6.07, 6.45) is 6.67. The predicted octanol–water partition coefficient (Wildman–Crippen LogP) is 3.44. The number of urea groups is 1. The number of benzene rings is 1. The molecule has 4 amide bonds. The van der Waals surface area contributed by atoms with Gasteiger partial charge >= 0.3 is 6.03 Å². The number of fused-ring (bicyclic) bond motifs is 4. The van der Waals surface area contributed by atoms with Crippen LogP contribution in [0.25, 0.3) is 0 Å². The van der Waals surface area contributed by atoms with E-state index in [0.29, 0.717) is 31.5 Å². The van der Waals surface area contributed by atoms with E-state index in [-0.39, 0.29) is 23.9 Å². The van der Waals surface area contributed by atoms with Crippen molar-refractivity contribution in [2.75, 3.05) is 40.3 Å². The van der Waals surface area contributed by atoms with Crippen LogP contribution >= 0.6 is 0 Å². The van der Waals surface area contributed by atoms with E-state index in [1.807, 2.05) is 48.2 Å². The second-order valence-electron chi connectivity index (χ2n) is 10.3. The van der Waals surface area contributed by atoms with Gasteiger partial charge in [0.25, 0.3) is 5.91 Å². The van der Waals surface area contributed by atoms with Crippen molar-refractivity contribution in [3.63, 3.8) is 0 Å². The zero-order valence-electron chi connectivity index (χ0n) is 20.3. The van der Waals surface area contributed by atoms with Crippen molar-refractivity contribution in [2.24, 2.45) is 11.8 Å². The third-order valence-electron chi connectivity index (χ3n) is 7.92. The molecule has 0 radical (unpaired) electrons. The number of carbonyl (C=O) groups is 3. The molecule has 1 aliphatic carbocycles. The predicted molar refractivity (Wildman–Crippen MR) is 128 cm³/mol. The lowest BCUT2D eigenvalue weighted by Crippen LogP contribution is -2.49. The molecule has 2 bridgehead atoms. The molecule has 4 fully saturated rings. The van der Waals surface area contributed by atoms with Gasteiger partial charge in [-0.05, 0) is 68.1 Å². The van der Waals surface area contributed by atoms with Crippen LogP contribution in [0.5, 0.6) is 0 Å². The van der Waals surface area contributed by atoms with E-state index in [1.165, 1.54) is 25.7 Å². The van der Waals surface area contributed by atoms with Crippen molar-refractivity contribution in [3.8, 4) is 0 Å². The van der Waals surface area contributed by atoms with E-state index in [4.69, 9.17) is 0 Å². The summed E-state index contributed by atoms with van der Waals surface area (Å²) in [6, 6.07) is 7.88. The molecule has 180 valence electrons. The minimum atomic E-state index is -0.0172. The molecule has 0 unspecified atom stereocenters. The largest absolute Gasteiger partial charge is 0.343 e. The summed E-state index contributed by atoms with van der Waals surface area (Å²) in [5.41, 5.74) is 1.75. The van der Waals surface area contributed by atoms with Crippen molar-refractivity contribution in [1.29, 1.82) is 0 Å². The van der Waals surface area contributed by atoms with Crippen LogP contribution in [0, 0.1) is 11.8 Å². The van der Waals surface area contributed by atoms with E-state index in [1.54, 1.807) is 11.8 Å². The van der Waals surface area contributed by atoms with Crippen LogP contribution in [0.1, 0.15) is 61.4 Å². The van der Waals surface area contributed by atoms with Crippen LogP contribution in [0.3, 0.4) is 0 Å². The van der Waals surface area contributed by atoms with Crippen LogP contribution in [0.15, 0.2) is 24.3 Å². The molecule has 0 atom stereocenters. The number of amides is 4. The van der Waals surface area contributed by atoms with E-state index >= 15 is 0 Å². The number of carbonyl (C=O) groups excluding carboxylic acids is 3. The molecule has 3 saturated heterocycles. The number of hydrogen-bond donors (Lipinski definition) is 0. The highest BCUT2D eigenvalue weighted by Gasteiger charge is 2.32. The molecule has 1 saturated carbocycles. The Bertz CT molecular complexity index is 841. The lowest BCUT2D eigenvalue weighted by Gasteiger charge is -2.37. The molecule has 3 aliphatic heterocycles. The van der Waals surface area contributed by atoms with Crippen LogP contribution in [0.4, 0.5) is 4.79 Å². The van der Waals surface area contributed by atoms with E-state index in [9.17, 15) is 14.4 Å². The fourth-order valence-electron chi connectivity index (χ4n) is 5.73. The monoisotopic (exact) mass is 454 g/mol. The normalized spacial score (nSPS) is 23.2. The number of piperidine rings is 1. The summed E-state index contributed by atoms with van der Waals surface area (Å²) in [7, 11) is 3.67. The maximum absolute atomic E-state index is 13.1. The molecule has 0 aromatic heterocycles. The summed E-state index contributed by atoms with van der Waals surface area (Å²) in [5, 5.41) is 0. The Labute approximate surface area is 197 Å². The van der Waals surface area contributed by atoms with Crippen LogP contribution in [-0.2, 0) is 11.3 Å². The van der Waals surface area contributed by atoms with Crippen molar-refractivity contribution in [3.05, 3.63) is 35.4 Å². The minimum Gasteiger partial charge on any atom is -0.343 e. The first-order valence-electron chi connectivity index (χ1n) is 12.4. The van der Waals surface area contributed by atoms with Crippen molar-refractivity contribution in [1.82, 2.24) is 19.6 Å². The molecular weight excluding hydrogens is 416 g/mol. The third-order valence-corrected chi connectivity index (χ3v) is 7.92. The molecule has 5 rings (SSSR count). The molecule has 1 aromatic rings. The number of hydrogen-bond acceptors (Lipinski definition) is 3. The topological polar surface area (TPSA) is 64.2 Å². The third kappa shape index (κ3) is 5.50. The van der Waals surface area contributed by atoms with Gasteiger partial charge in [0.1, 0.15) is 0 Å². The summed E-state index contributed by atoms with van der Waals surface area (Å²) in [4.78, 5) is 45.0. The Morgan fingerprint density at radius 3 is 1.91 bits per heavy atom. The van der Waals surface area contributed by atoms with Gasteiger partial charge in [-0.15, -0.1) is 0 Å². The molecule has 1 aromatic carbocycles. The zero-order valence-corrected chi connectivity index (χ0v) is 20.3. The number of rotatable bonds is 4. The molecule has 0 spiro atoms. The van der Waals surface area contributed by atoms with Gasteiger partial charge < -0.3 is 19.6 Å². The smallest absolute Gasteiger partial charge is 0.320 e. The molecule has 7 heteroatoms. The van der Waals surface area contributed by atoms with Crippen molar-refractivity contribution < 1.29 is 14.4 Å². The highest BCUT2D eigenvalue weighted by atomic mass is 16.2. The second-order valence-corrected chi connectivity index (χ2v) is 10.3. The highest BCUT2D eigenvalue weighted by molar-refractivity contribution is 5.94. The molecule has 7 nitrogen and oxygen atoms in total. The summed E-state index contributed by atoms with van der Waals surface area (Å²) < 4.78 is 0. The van der Waals surface area contributed by atoms with Crippen LogP contribution in [0.2, 0.25) is 0 Å². The highest BCUT2D eigenvalue weighted by Crippen LogP contribution is 2.34. The first-order chi connectivity index (χ1) is 15.8. The Morgan fingerprint density at radius 1 is 0.848 bits per heavy atom. The first kappa shape index (κ1) is 23.6. The number of nitrogens with zero attached hydrogens (tertiary/aromatic N) is 4. The van der Waals surface area contributed by atoms with Gasteiger partial charge in [-0.25, -0.2) is 4.79 Å². The van der Waals surface area contributed by atoms with Gasteiger partial charge in [-0.3, -0.25) is 9.59 Å². The molecule has 4 aliphatic rings. The average molecular weight is 455 g/mol. The Balaban J connectivity index is 1.30. The Hall–Kier alpha value is -2.57. The lowest BCUT2D eigenvalue weighted by atomic mass is 9.84. The minimum absolute atomic E-state index is 0.0172. The quantitative estimate of drug-likeness (QED) is 0.700. The molecule has 3 heterocycles. The maximum atomic E-state index is 13.1. The fraction of sp³-hybridized carbons (Fsp3) is 0.654. The second kappa shape index (κ2) is 10.1. The van der Waals surface area contributed by atoms with Gasteiger partial charge in [0.05, 0.1) is 0 Å². The van der Waals surface area contributed by atoms with Crippen molar-refractivity contribution >= 4 is 17.8 Å². The maximum Gasteiger partial charge on any atom is 0.320 e. The Morgan fingerprint density at radius 2 is 1.39 bits per heavy atom. The number of likely N-dealkylation sites (tertiary alicyclic amines) is 1. The SMILES string of the molecule is CC(=O)N1CCC(N(C)C(=O)N(C)Cc2ccc(C(=O)N3CC4CCC(CC4)C3)cc2)CC1.